The zero-order valence-corrected chi connectivity index (χ0v) is 28.2. The number of nitrogens with zero attached hydrogens (tertiary/aromatic N) is 3. The molecule has 0 spiro atoms. The fourth-order valence-corrected chi connectivity index (χ4v) is 9.43. The molecule has 6 aromatic rings. The molecule has 0 atom stereocenters. The molecule has 0 saturated carbocycles. The van der Waals surface area contributed by atoms with Crippen LogP contribution in [0.25, 0.3) is 68.4 Å². The van der Waals surface area contributed by atoms with Crippen molar-refractivity contribution in [2.75, 3.05) is 0 Å². The second-order valence-electron chi connectivity index (χ2n) is 10.3. The minimum atomic E-state index is -1.24. The van der Waals surface area contributed by atoms with Crippen LogP contribution in [0.1, 0.15) is 29.5 Å². The summed E-state index contributed by atoms with van der Waals surface area (Å²) in [7, 11) is 0. The Morgan fingerprint density at radius 3 is 2.13 bits per heavy atom. The van der Waals surface area contributed by atoms with Crippen molar-refractivity contribution in [1.82, 2.24) is 4.57 Å². The number of carboxylic acids is 1. The molecule has 11 heteroatoms. The lowest BCUT2D eigenvalue weighted by molar-refractivity contribution is -0.132. The van der Waals surface area contributed by atoms with Gasteiger partial charge in [-0.25, -0.2) is 4.79 Å². The number of thiophene rings is 4. The van der Waals surface area contributed by atoms with Crippen LogP contribution in [0.2, 0.25) is 0 Å². The van der Waals surface area contributed by atoms with Crippen LogP contribution in [-0.4, -0.2) is 22.1 Å². The van der Waals surface area contributed by atoms with E-state index in [4.69, 9.17) is 11.3 Å². The first kappa shape index (κ1) is 31.9. The Balaban J connectivity index is 1.43. The Morgan fingerprint density at radius 2 is 1.49 bits per heavy atom. The zero-order valence-electron chi connectivity index (χ0n) is 24.9. The summed E-state index contributed by atoms with van der Waals surface area (Å²) in [5.41, 5.74) is 3.24. The van der Waals surface area contributed by atoms with Gasteiger partial charge in [0.25, 0.3) is 6.47 Å². The number of carboxylic acid groups (broad SMARTS) is 1. The quantitative estimate of drug-likeness (QED) is 0.0453. The number of carbonyl (C=O) groups excluding carboxylic acids is 1. The summed E-state index contributed by atoms with van der Waals surface area (Å²) in [4.78, 5) is 33.4. The van der Waals surface area contributed by atoms with Gasteiger partial charge in [0.05, 0.1) is 17.1 Å². The lowest BCUT2D eigenvalue weighted by Gasteiger charge is -2.10. The second kappa shape index (κ2) is 14.2. The number of aromatic nitrogens is 1. The number of nitriles is 1. The number of aryl methyl sites for hydroxylation is 1. The van der Waals surface area contributed by atoms with E-state index < -0.39 is 5.97 Å². The Labute approximate surface area is 287 Å². The second-order valence-corrected chi connectivity index (χ2v) is 14.7. The minimum Gasteiger partial charge on any atom is -0.477 e. The summed E-state index contributed by atoms with van der Waals surface area (Å²) in [5, 5.41) is 19.6. The van der Waals surface area contributed by atoms with Gasteiger partial charge in [0.15, 0.2) is 0 Å². The summed E-state index contributed by atoms with van der Waals surface area (Å²) in [6.07, 6.45) is 5.09. The topological polar surface area (TPSA) is 96.7 Å². The molecule has 1 aromatic carbocycles. The Bertz CT molecular complexity index is 2260. The molecule has 232 valence electrons. The lowest BCUT2D eigenvalue weighted by atomic mass is 10.1. The van der Waals surface area contributed by atoms with Gasteiger partial charge in [0, 0.05) is 63.2 Å². The first-order valence-electron chi connectivity index (χ1n) is 14.5. The standard InChI is InChI=1S/C36H25N3O4S4/c1-3-4-17-39-26-8-6-5-7-25(26)34(31-15-13-29(46-31)27-11-9-23(44-27)18-22(20-37)36(41)42)35(39)32-16-14-30(47-32)28-12-10-24(45-28)19-33(38-2)43-21-40/h5-16,18-19,21H,3-4,17H2,1H3,(H,41,42)/b22-18+,33-19+. The molecule has 0 aliphatic heterocycles. The van der Waals surface area contributed by atoms with Crippen molar-refractivity contribution in [1.29, 1.82) is 5.26 Å². The van der Waals surface area contributed by atoms with Crippen LogP contribution in [0.4, 0.5) is 0 Å². The van der Waals surface area contributed by atoms with Gasteiger partial charge < -0.3 is 14.4 Å². The van der Waals surface area contributed by atoms with E-state index in [-0.39, 0.29) is 17.9 Å². The highest BCUT2D eigenvalue weighted by Gasteiger charge is 2.23. The van der Waals surface area contributed by atoms with Gasteiger partial charge in [-0.05, 0) is 67.1 Å². The van der Waals surface area contributed by atoms with Crippen LogP contribution in [0, 0.1) is 17.9 Å². The summed E-state index contributed by atoms with van der Waals surface area (Å²) in [6, 6.07) is 26.6. The van der Waals surface area contributed by atoms with Gasteiger partial charge >= 0.3 is 11.9 Å². The molecular weight excluding hydrogens is 667 g/mol. The minimum absolute atomic E-state index is 0.0666. The lowest BCUT2D eigenvalue weighted by Crippen LogP contribution is -1.99. The van der Waals surface area contributed by atoms with Crippen LogP contribution in [-0.2, 0) is 20.9 Å². The number of rotatable bonds is 12. The average molecular weight is 692 g/mol. The molecule has 0 aliphatic rings. The molecule has 1 N–H and O–H groups in total. The highest BCUT2D eigenvalue weighted by molar-refractivity contribution is 7.25. The van der Waals surface area contributed by atoms with Crippen LogP contribution in [0.3, 0.4) is 0 Å². The number of unbranched alkanes of at least 4 members (excludes halogenated alkanes) is 1. The average Bonchev–Trinajstić information content (AvgIpc) is 3.91. The van der Waals surface area contributed by atoms with Gasteiger partial charge in [-0.1, -0.05) is 31.5 Å². The summed E-state index contributed by atoms with van der Waals surface area (Å²) >= 11 is 6.41. The van der Waals surface area contributed by atoms with Crippen LogP contribution < -0.4 is 0 Å². The number of para-hydroxylation sites is 1. The Kier molecular flexibility index (Phi) is 9.62. The number of benzene rings is 1. The fraction of sp³-hybridized carbons (Fsp3) is 0.111. The highest BCUT2D eigenvalue weighted by atomic mass is 32.1. The van der Waals surface area contributed by atoms with Crippen molar-refractivity contribution in [3.05, 3.63) is 105 Å². The molecular formula is C36H25N3O4S4. The molecule has 0 saturated heterocycles. The number of hydrogen-bond acceptors (Lipinski definition) is 8. The molecule has 0 amide bonds. The third-order valence-corrected chi connectivity index (χ3v) is 12.0. The van der Waals surface area contributed by atoms with Gasteiger partial charge in [0.2, 0.25) is 0 Å². The third-order valence-electron chi connectivity index (χ3n) is 7.32. The number of aliphatic carboxylic acids is 1. The monoisotopic (exact) mass is 691 g/mol. The van der Waals surface area contributed by atoms with Crippen LogP contribution in [0.15, 0.2) is 84.3 Å². The van der Waals surface area contributed by atoms with E-state index >= 15 is 0 Å². The molecule has 0 aliphatic carbocycles. The van der Waals surface area contributed by atoms with E-state index in [1.807, 2.05) is 24.3 Å². The Hall–Kier alpha value is -5.04. The van der Waals surface area contributed by atoms with Crippen molar-refractivity contribution in [2.45, 2.75) is 26.3 Å². The van der Waals surface area contributed by atoms with Crippen LogP contribution >= 0.6 is 45.3 Å². The van der Waals surface area contributed by atoms with Crippen molar-refractivity contribution < 1.29 is 19.4 Å². The van der Waals surface area contributed by atoms with Gasteiger partial charge in [-0.15, -0.1) is 45.3 Å². The SMILES string of the molecule is [C-]#[N+]/C(=C\c1ccc(-c2ccc(-c3c(-c4ccc(-c5ccc(/C=C(\C#N)C(=O)O)s5)s4)c4ccccc4n3CCCC)s2)s1)OC=O. The molecule has 5 aromatic heterocycles. The molecule has 6 rings (SSSR count). The van der Waals surface area contributed by atoms with Crippen molar-refractivity contribution in [2.24, 2.45) is 0 Å². The van der Waals surface area contributed by atoms with E-state index in [0.29, 0.717) is 4.88 Å². The maximum Gasteiger partial charge on any atom is 0.349 e. The zero-order chi connectivity index (χ0) is 32.9. The fourth-order valence-electron chi connectivity index (χ4n) is 5.23. The normalized spacial score (nSPS) is 11.8. The third kappa shape index (κ3) is 6.61. The molecule has 5 heterocycles. The molecule has 0 fully saturated rings. The van der Waals surface area contributed by atoms with E-state index in [1.165, 1.54) is 50.9 Å². The number of carbonyl (C=O) groups is 2. The smallest absolute Gasteiger partial charge is 0.349 e. The number of hydrogen-bond donors (Lipinski definition) is 1. The maximum absolute atomic E-state index is 11.3. The summed E-state index contributed by atoms with van der Waals surface area (Å²) in [5.74, 6) is -1.30. The number of fused-ring (bicyclic) bond motifs is 1. The van der Waals surface area contributed by atoms with Crippen molar-refractivity contribution >= 4 is 80.8 Å². The molecule has 0 radical (unpaired) electrons. The van der Waals surface area contributed by atoms with Crippen molar-refractivity contribution in [3.63, 3.8) is 0 Å². The Morgan fingerprint density at radius 1 is 0.894 bits per heavy atom. The number of ether oxygens (including phenoxy) is 1. The van der Waals surface area contributed by atoms with Crippen LogP contribution in [0.5, 0.6) is 0 Å². The largest absolute Gasteiger partial charge is 0.477 e. The van der Waals surface area contributed by atoms with E-state index in [2.05, 4.69) is 64.9 Å². The van der Waals surface area contributed by atoms with Gasteiger partial charge in [-0.3, -0.25) is 4.79 Å². The molecule has 47 heavy (non-hydrogen) atoms. The van der Waals surface area contributed by atoms with Gasteiger partial charge in [0.1, 0.15) is 11.6 Å². The first-order chi connectivity index (χ1) is 22.9. The summed E-state index contributed by atoms with van der Waals surface area (Å²) in [6.45, 7) is 10.6. The van der Waals surface area contributed by atoms with E-state index in [0.717, 1.165) is 53.5 Å². The molecule has 0 unspecified atom stereocenters. The summed E-state index contributed by atoms with van der Waals surface area (Å²) < 4.78 is 7.20. The van der Waals surface area contributed by atoms with Crippen molar-refractivity contribution in [3.8, 4) is 46.6 Å². The van der Waals surface area contributed by atoms with E-state index in [9.17, 15) is 20.0 Å². The maximum atomic E-state index is 11.3. The predicted octanol–water partition coefficient (Wildman–Crippen LogP) is 10.7. The molecule has 0 bridgehead atoms. The van der Waals surface area contributed by atoms with E-state index in [1.54, 1.807) is 34.8 Å². The highest BCUT2D eigenvalue weighted by Crippen LogP contribution is 2.48. The predicted molar refractivity (Wildman–Crippen MR) is 193 cm³/mol. The van der Waals surface area contributed by atoms with Gasteiger partial charge in [-0.2, -0.15) is 10.1 Å². The molecule has 7 nitrogen and oxygen atoms in total. The first-order valence-corrected chi connectivity index (χ1v) is 17.8.